The number of hydrogen-bond acceptors (Lipinski definition) is 5. The van der Waals surface area contributed by atoms with Crippen LogP contribution in [-0.4, -0.2) is 15.0 Å². The van der Waals surface area contributed by atoms with Crippen molar-refractivity contribution in [3.8, 4) is 56.4 Å². The van der Waals surface area contributed by atoms with Crippen LogP contribution < -0.4 is 0 Å². The molecule has 0 N–H and O–H groups in total. The van der Waals surface area contributed by atoms with Crippen molar-refractivity contribution in [1.82, 2.24) is 15.0 Å². The second kappa shape index (κ2) is 11.1. The van der Waals surface area contributed by atoms with Crippen LogP contribution >= 0.6 is 0 Å². The van der Waals surface area contributed by atoms with Gasteiger partial charge in [0.2, 0.25) is 0 Å². The molecule has 53 heavy (non-hydrogen) atoms. The highest BCUT2D eigenvalue weighted by Crippen LogP contribution is 2.53. The smallest absolute Gasteiger partial charge is 0.164 e. The minimum absolute atomic E-state index is 0.154. The highest BCUT2D eigenvalue weighted by atomic mass is 16.3. The average Bonchev–Trinajstić information content (AvgIpc) is 3.85. The number of hydrogen-bond donors (Lipinski definition) is 0. The van der Waals surface area contributed by atoms with Crippen molar-refractivity contribution in [3.05, 3.63) is 163 Å². The van der Waals surface area contributed by atoms with Gasteiger partial charge in [-0.25, -0.2) is 15.0 Å². The van der Waals surface area contributed by atoms with Crippen LogP contribution in [0.1, 0.15) is 25.0 Å². The molecule has 250 valence electrons. The quantitative estimate of drug-likeness (QED) is 0.185. The van der Waals surface area contributed by atoms with Crippen molar-refractivity contribution in [2.75, 3.05) is 0 Å². The molecule has 5 nitrogen and oxygen atoms in total. The van der Waals surface area contributed by atoms with E-state index < -0.39 is 0 Å². The third-order valence-corrected chi connectivity index (χ3v) is 10.9. The SMILES string of the molecule is CC1(C)c2ccc(-c3cccc(-c4nc(-c5ccccc5)nc(-c5ccc6c(c5)oc5ccccc56)n4)c3)cc2-c2c1ccc1c2oc2ccccc21. The van der Waals surface area contributed by atoms with Crippen LogP contribution in [-0.2, 0) is 5.41 Å². The predicted octanol–water partition coefficient (Wildman–Crippen LogP) is 12.6. The molecule has 0 spiro atoms. The number of para-hydroxylation sites is 2. The fourth-order valence-corrected chi connectivity index (χ4v) is 8.25. The number of aromatic nitrogens is 3. The van der Waals surface area contributed by atoms with Crippen LogP contribution in [0.15, 0.2) is 160 Å². The summed E-state index contributed by atoms with van der Waals surface area (Å²) in [7, 11) is 0. The molecule has 0 radical (unpaired) electrons. The normalized spacial score (nSPS) is 13.2. The molecule has 0 fully saturated rings. The third-order valence-electron chi connectivity index (χ3n) is 10.9. The van der Waals surface area contributed by atoms with Crippen molar-refractivity contribution in [2.45, 2.75) is 19.3 Å². The summed E-state index contributed by atoms with van der Waals surface area (Å²) < 4.78 is 12.8. The van der Waals surface area contributed by atoms with Crippen molar-refractivity contribution >= 4 is 43.9 Å². The van der Waals surface area contributed by atoms with E-state index in [1.807, 2.05) is 60.7 Å². The molecule has 0 atom stereocenters. The lowest BCUT2D eigenvalue weighted by Gasteiger charge is -2.21. The van der Waals surface area contributed by atoms with Gasteiger partial charge in [0.05, 0.1) is 0 Å². The standard InChI is InChI=1S/C48H31N3O2/c1-48(2)38-23-20-30(26-37(38)43-39(48)24-22-36-34-16-7-9-18-41(34)53-44(36)43)29-13-10-14-31(25-29)46-49-45(28-11-4-3-5-12-28)50-47(51-46)32-19-21-35-33-15-6-8-17-40(33)52-42(35)27-32/h3-27H,1-2H3. The van der Waals surface area contributed by atoms with E-state index in [0.29, 0.717) is 17.5 Å². The minimum atomic E-state index is -0.154. The van der Waals surface area contributed by atoms with Gasteiger partial charge in [0.1, 0.15) is 22.3 Å². The zero-order chi connectivity index (χ0) is 35.3. The molecule has 10 aromatic rings. The number of benzene rings is 7. The Hall–Kier alpha value is -6.85. The van der Waals surface area contributed by atoms with Crippen LogP contribution in [0.3, 0.4) is 0 Å². The maximum absolute atomic E-state index is 6.57. The first-order valence-corrected chi connectivity index (χ1v) is 17.9. The van der Waals surface area contributed by atoms with Gasteiger partial charge in [-0.05, 0) is 64.2 Å². The summed E-state index contributed by atoms with van der Waals surface area (Å²) in [6.07, 6.45) is 0. The zero-order valence-electron chi connectivity index (χ0n) is 29.1. The van der Waals surface area contributed by atoms with Gasteiger partial charge in [-0.15, -0.1) is 0 Å². The fourth-order valence-electron chi connectivity index (χ4n) is 8.25. The van der Waals surface area contributed by atoms with Crippen molar-refractivity contribution in [2.24, 2.45) is 0 Å². The van der Waals surface area contributed by atoms with Crippen molar-refractivity contribution < 1.29 is 8.83 Å². The molecule has 7 aromatic carbocycles. The molecule has 5 heteroatoms. The van der Waals surface area contributed by atoms with Gasteiger partial charge in [0.25, 0.3) is 0 Å². The highest BCUT2D eigenvalue weighted by Gasteiger charge is 2.38. The highest BCUT2D eigenvalue weighted by molar-refractivity contribution is 6.12. The first kappa shape index (κ1) is 29.8. The maximum Gasteiger partial charge on any atom is 0.164 e. The first-order valence-electron chi connectivity index (χ1n) is 17.9. The van der Waals surface area contributed by atoms with Gasteiger partial charge in [-0.2, -0.15) is 0 Å². The Kier molecular flexibility index (Phi) is 6.23. The molecule has 0 amide bonds. The van der Waals surface area contributed by atoms with E-state index in [2.05, 4.69) is 105 Å². The van der Waals surface area contributed by atoms with E-state index in [9.17, 15) is 0 Å². The Morgan fingerprint density at radius 1 is 0.396 bits per heavy atom. The number of furan rings is 2. The first-order chi connectivity index (χ1) is 26.0. The summed E-state index contributed by atoms with van der Waals surface area (Å²) in [6.45, 7) is 4.61. The molecule has 11 rings (SSSR count). The van der Waals surface area contributed by atoms with Gasteiger partial charge in [0, 0.05) is 49.2 Å². The average molecular weight is 682 g/mol. The summed E-state index contributed by atoms with van der Waals surface area (Å²) in [5.41, 5.74) is 13.3. The summed E-state index contributed by atoms with van der Waals surface area (Å²) in [5, 5.41) is 4.45. The van der Waals surface area contributed by atoms with Crippen LogP contribution in [0.4, 0.5) is 0 Å². The fraction of sp³-hybridized carbons (Fsp3) is 0.0625. The minimum Gasteiger partial charge on any atom is -0.456 e. The lowest BCUT2D eigenvalue weighted by Crippen LogP contribution is -2.14. The van der Waals surface area contributed by atoms with E-state index in [4.69, 9.17) is 23.8 Å². The van der Waals surface area contributed by atoms with E-state index in [-0.39, 0.29) is 5.41 Å². The molecule has 0 unspecified atom stereocenters. The van der Waals surface area contributed by atoms with E-state index >= 15 is 0 Å². The molecule has 1 aliphatic rings. The molecule has 3 heterocycles. The summed E-state index contributed by atoms with van der Waals surface area (Å²) in [5.74, 6) is 1.82. The van der Waals surface area contributed by atoms with Crippen molar-refractivity contribution in [1.29, 1.82) is 0 Å². The Morgan fingerprint density at radius 3 is 1.74 bits per heavy atom. The van der Waals surface area contributed by atoms with Gasteiger partial charge in [-0.1, -0.05) is 129 Å². The molecular formula is C48H31N3O2. The zero-order valence-corrected chi connectivity index (χ0v) is 29.1. The molecule has 0 aliphatic heterocycles. The second-order valence-corrected chi connectivity index (χ2v) is 14.4. The van der Waals surface area contributed by atoms with E-state index in [1.54, 1.807) is 0 Å². The largest absolute Gasteiger partial charge is 0.456 e. The number of fused-ring (bicyclic) bond motifs is 10. The maximum atomic E-state index is 6.57. The molecule has 1 aliphatic carbocycles. The van der Waals surface area contributed by atoms with E-state index in [1.165, 1.54) is 22.3 Å². The monoisotopic (exact) mass is 681 g/mol. The lowest BCUT2D eigenvalue weighted by molar-refractivity contribution is 0.653. The second-order valence-electron chi connectivity index (χ2n) is 14.4. The third kappa shape index (κ3) is 4.54. The van der Waals surface area contributed by atoms with Gasteiger partial charge in [0.15, 0.2) is 17.5 Å². The lowest BCUT2D eigenvalue weighted by atomic mass is 9.82. The molecular weight excluding hydrogens is 651 g/mol. The molecule has 0 bridgehead atoms. The molecule has 0 saturated heterocycles. The van der Waals surface area contributed by atoms with Crippen LogP contribution in [0.2, 0.25) is 0 Å². The van der Waals surface area contributed by atoms with Crippen LogP contribution in [0.25, 0.3) is 100 Å². The van der Waals surface area contributed by atoms with Gasteiger partial charge >= 0.3 is 0 Å². The molecule has 3 aromatic heterocycles. The molecule has 0 saturated carbocycles. The Balaban J connectivity index is 1.05. The Morgan fingerprint density at radius 2 is 0.943 bits per heavy atom. The van der Waals surface area contributed by atoms with Crippen molar-refractivity contribution in [3.63, 3.8) is 0 Å². The van der Waals surface area contributed by atoms with Gasteiger partial charge < -0.3 is 8.83 Å². The predicted molar refractivity (Wildman–Crippen MR) is 214 cm³/mol. The topological polar surface area (TPSA) is 65.0 Å². The number of rotatable bonds is 4. The Labute approximate surface area is 305 Å². The Bertz CT molecular complexity index is 3100. The summed E-state index contributed by atoms with van der Waals surface area (Å²) >= 11 is 0. The van der Waals surface area contributed by atoms with Crippen LogP contribution in [0, 0.1) is 0 Å². The summed E-state index contributed by atoms with van der Waals surface area (Å²) in [4.78, 5) is 15.1. The van der Waals surface area contributed by atoms with E-state index in [0.717, 1.165) is 71.7 Å². The number of nitrogens with zero attached hydrogens (tertiary/aromatic N) is 3. The van der Waals surface area contributed by atoms with Gasteiger partial charge in [-0.3, -0.25) is 0 Å². The van der Waals surface area contributed by atoms with Crippen LogP contribution in [0.5, 0.6) is 0 Å². The summed E-state index contributed by atoms with van der Waals surface area (Å²) in [6, 6.07) is 52.5.